The van der Waals surface area contributed by atoms with Gasteiger partial charge in [0.15, 0.2) is 0 Å². The average Bonchev–Trinajstić information content (AvgIpc) is 2.98. The molecule has 0 aliphatic carbocycles. The lowest BCUT2D eigenvalue weighted by atomic mass is 10.2. The Morgan fingerprint density at radius 2 is 2.39 bits per heavy atom. The second-order valence-corrected chi connectivity index (χ2v) is 5.26. The molecule has 2 heterocycles. The summed E-state index contributed by atoms with van der Waals surface area (Å²) < 4.78 is 12.5. The highest BCUT2D eigenvalue weighted by Crippen LogP contribution is 2.17. The van der Waals surface area contributed by atoms with Gasteiger partial charge in [-0.25, -0.2) is 4.79 Å². The van der Waals surface area contributed by atoms with E-state index in [0.717, 1.165) is 18.6 Å². The maximum Gasteiger partial charge on any atom is 0.319 e. The van der Waals surface area contributed by atoms with E-state index in [1.807, 2.05) is 29.1 Å². The number of amides is 2. The van der Waals surface area contributed by atoms with Gasteiger partial charge in [0.2, 0.25) is 0 Å². The number of rotatable bonds is 5. The van der Waals surface area contributed by atoms with E-state index in [1.54, 1.807) is 13.2 Å². The first kappa shape index (κ1) is 15.4. The maximum absolute atomic E-state index is 11.9. The number of hydrogen-bond donors (Lipinski definition) is 2. The molecule has 1 aromatic heterocycles. The molecule has 1 aliphatic heterocycles. The Kier molecular flexibility index (Phi) is 4.77. The molecule has 2 N–H and O–H groups in total. The quantitative estimate of drug-likeness (QED) is 0.881. The predicted molar refractivity (Wildman–Crippen MR) is 85.6 cm³/mol. The molecule has 0 unspecified atom stereocenters. The Morgan fingerprint density at radius 3 is 3.26 bits per heavy atom. The molecule has 122 valence electrons. The summed E-state index contributed by atoms with van der Waals surface area (Å²) in [5.41, 5.74) is 3.03. The van der Waals surface area contributed by atoms with Crippen molar-refractivity contribution in [3.63, 3.8) is 0 Å². The number of benzene rings is 1. The second-order valence-electron chi connectivity index (χ2n) is 5.26. The predicted octanol–water partition coefficient (Wildman–Crippen LogP) is 1.79. The number of nitrogens with one attached hydrogen (secondary N) is 2. The van der Waals surface area contributed by atoms with Crippen molar-refractivity contribution in [3.05, 3.63) is 41.7 Å². The summed E-state index contributed by atoms with van der Waals surface area (Å²) in [5.74, 6) is 0.702. The van der Waals surface area contributed by atoms with Crippen LogP contribution in [0.2, 0.25) is 0 Å². The number of nitrogens with zero attached hydrogens (tertiary/aromatic N) is 2. The van der Waals surface area contributed by atoms with Crippen LogP contribution >= 0.6 is 0 Å². The fraction of sp³-hybridized carbons (Fsp3) is 0.375. The van der Waals surface area contributed by atoms with E-state index in [9.17, 15) is 4.79 Å². The van der Waals surface area contributed by atoms with E-state index < -0.39 is 0 Å². The summed E-state index contributed by atoms with van der Waals surface area (Å²) in [7, 11) is 1.59. The summed E-state index contributed by atoms with van der Waals surface area (Å²) in [4.78, 5) is 11.9. The van der Waals surface area contributed by atoms with Gasteiger partial charge in [-0.1, -0.05) is 6.07 Å². The average molecular weight is 316 g/mol. The van der Waals surface area contributed by atoms with E-state index >= 15 is 0 Å². The van der Waals surface area contributed by atoms with Crippen LogP contribution in [-0.4, -0.2) is 36.1 Å². The van der Waals surface area contributed by atoms with Crippen LogP contribution in [0.3, 0.4) is 0 Å². The minimum atomic E-state index is -0.248. The standard InChI is InChI=1S/C16H20N4O3/c1-22-14-4-2-3-13(9-14)19-16(21)17-6-7-20-15-5-8-23-11-12(15)10-18-20/h2-4,9-10H,5-8,11H2,1H3,(H2,17,19,21). The number of fused-ring (bicyclic) bond motifs is 1. The zero-order valence-corrected chi connectivity index (χ0v) is 13.0. The first-order chi connectivity index (χ1) is 11.3. The van der Waals surface area contributed by atoms with Crippen molar-refractivity contribution < 1.29 is 14.3 Å². The van der Waals surface area contributed by atoms with Gasteiger partial charge in [-0.3, -0.25) is 4.68 Å². The molecule has 0 bridgehead atoms. The lowest BCUT2D eigenvalue weighted by molar-refractivity contribution is 0.109. The minimum Gasteiger partial charge on any atom is -0.497 e. The molecule has 0 fully saturated rings. The van der Waals surface area contributed by atoms with E-state index in [4.69, 9.17) is 9.47 Å². The minimum absolute atomic E-state index is 0.248. The van der Waals surface area contributed by atoms with Crippen LogP contribution in [0.5, 0.6) is 5.75 Å². The summed E-state index contributed by atoms with van der Waals surface area (Å²) in [5, 5.41) is 9.96. The number of ether oxygens (including phenoxy) is 2. The topological polar surface area (TPSA) is 77.4 Å². The molecule has 2 amide bonds. The highest BCUT2D eigenvalue weighted by atomic mass is 16.5. The largest absolute Gasteiger partial charge is 0.497 e. The molecular formula is C16H20N4O3. The monoisotopic (exact) mass is 316 g/mol. The first-order valence-electron chi connectivity index (χ1n) is 7.56. The number of aromatic nitrogens is 2. The van der Waals surface area contributed by atoms with Gasteiger partial charge in [0.25, 0.3) is 0 Å². The molecule has 0 radical (unpaired) electrons. The fourth-order valence-electron chi connectivity index (χ4n) is 2.55. The molecule has 7 heteroatoms. The van der Waals surface area contributed by atoms with Crippen molar-refractivity contribution in [2.45, 2.75) is 19.6 Å². The Morgan fingerprint density at radius 1 is 1.48 bits per heavy atom. The number of methoxy groups -OCH3 is 1. The third-order valence-corrected chi connectivity index (χ3v) is 3.71. The van der Waals surface area contributed by atoms with E-state index in [2.05, 4.69) is 15.7 Å². The number of carbonyl (C=O) groups is 1. The Bertz CT molecular complexity index is 684. The SMILES string of the molecule is COc1cccc(NC(=O)NCCn2ncc3c2CCOC3)c1. The summed E-state index contributed by atoms with van der Waals surface area (Å²) in [6, 6.07) is 6.98. The van der Waals surface area contributed by atoms with Crippen LogP contribution in [0.1, 0.15) is 11.3 Å². The van der Waals surface area contributed by atoms with Gasteiger partial charge in [-0.15, -0.1) is 0 Å². The van der Waals surface area contributed by atoms with Crippen molar-refractivity contribution in [1.29, 1.82) is 0 Å². The van der Waals surface area contributed by atoms with Crippen LogP contribution in [0.15, 0.2) is 30.5 Å². The van der Waals surface area contributed by atoms with Crippen molar-refractivity contribution in [2.24, 2.45) is 0 Å². The molecule has 0 atom stereocenters. The van der Waals surface area contributed by atoms with Gasteiger partial charge in [0.05, 0.1) is 33.1 Å². The Hall–Kier alpha value is -2.54. The molecule has 7 nitrogen and oxygen atoms in total. The van der Waals surface area contributed by atoms with E-state index in [1.165, 1.54) is 5.69 Å². The molecule has 2 aromatic rings. The van der Waals surface area contributed by atoms with Crippen molar-refractivity contribution in [2.75, 3.05) is 25.6 Å². The van der Waals surface area contributed by atoms with Gasteiger partial charge in [0.1, 0.15) is 5.75 Å². The third kappa shape index (κ3) is 3.81. The van der Waals surface area contributed by atoms with Crippen molar-refractivity contribution in [3.8, 4) is 5.75 Å². The Labute approximate surface area is 134 Å². The van der Waals surface area contributed by atoms with Crippen molar-refractivity contribution >= 4 is 11.7 Å². The van der Waals surface area contributed by atoms with Gasteiger partial charge >= 0.3 is 6.03 Å². The molecule has 0 spiro atoms. The van der Waals surface area contributed by atoms with Crippen molar-refractivity contribution in [1.82, 2.24) is 15.1 Å². The normalized spacial score (nSPS) is 13.3. The number of carbonyl (C=O) groups excluding carboxylic acids is 1. The number of anilines is 1. The highest BCUT2D eigenvalue weighted by molar-refractivity contribution is 5.89. The van der Waals surface area contributed by atoms with E-state index in [0.29, 0.717) is 31.1 Å². The summed E-state index contributed by atoms with van der Waals surface area (Å²) >= 11 is 0. The van der Waals surface area contributed by atoms with Gasteiger partial charge in [-0.2, -0.15) is 5.10 Å². The highest BCUT2D eigenvalue weighted by Gasteiger charge is 2.15. The van der Waals surface area contributed by atoms with Crippen LogP contribution in [-0.2, 0) is 24.3 Å². The zero-order valence-electron chi connectivity index (χ0n) is 13.0. The van der Waals surface area contributed by atoms with Crippen LogP contribution in [0.4, 0.5) is 10.5 Å². The number of urea groups is 1. The molecular weight excluding hydrogens is 296 g/mol. The van der Waals surface area contributed by atoms with Gasteiger partial charge < -0.3 is 20.1 Å². The smallest absolute Gasteiger partial charge is 0.319 e. The number of hydrogen-bond acceptors (Lipinski definition) is 4. The third-order valence-electron chi connectivity index (χ3n) is 3.71. The molecule has 0 saturated heterocycles. The lowest BCUT2D eigenvalue weighted by Gasteiger charge is -2.15. The first-order valence-corrected chi connectivity index (χ1v) is 7.56. The molecule has 1 aromatic carbocycles. The van der Waals surface area contributed by atoms with Crippen LogP contribution < -0.4 is 15.4 Å². The molecule has 0 saturated carbocycles. The fourth-order valence-corrected chi connectivity index (χ4v) is 2.55. The molecule has 1 aliphatic rings. The molecule has 23 heavy (non-hydrogen) atoms. The summed E-state index contributed by atoms with van der Waals surface area (Å²) in [6.07, 6.45) is 2.70. The lowest BCUT2D eigenvalue weighted by Crippen LogP contribution is -2.32. The van der Waals surface area contributed by atoms with Crippen LogP contribution in [0.25, 0.3) is 0 Å². The van der Waals surface area contributed by atoms with E-state index in [-0.39, 0.29) is 6.03 Å². The zero-order chi connectivity index (χ0) is 16.1. The van der Waals surface area contributed by atoms with Crippen LogP contribution in [0, 0.1) is 0 Å². The summed E-state index contributed by atoms with van der Waals surface area (Å²) in [6.45, 7) is 2.49. The second kappa shape index (κ2) is 7.15. The van der Waals surface area contributed by atoms with Gasteiger partial charge in [-0.05, 0) is 12.1 Å². The van der Waals surface area contributed by atoms with Gasteiger partial charge in [0, 0.05) is 36.0 Å². The Balaban J connectivity index is 1.48. The maximum atomic E-state index is 11.9. The molecule has 3 rings (SSSR count).